The van der Waals surface area contributed by atoms with Crippen LogP contribution in [0.2, 0.25) is 0 Å². The molecule has 130 valence electrons. The van der Waals surface area contributed by atoms with Crippen molar-refractivity contribution in [3.8, 4) is 5.75 Å². The van der Waals surface area contributed by atoms with E-state index >= 15 is 0 Å². The van der Waals surface area contributed by atoms with Crippen LogP contribution < -0.4 is 9.75 Å². The molecule has 4 rings (SSSR count). The number of hydrogen-bond acceptors (Lipinski definition) is 3. The number of anilines is 1. The summed E-state index contributed by atoms with van der Waals surface area (Å²) in [6.07, 6.45) is 0.882. The minimum Gasteiger partial charge on any atom is -0.494 e. The Hall–Kier alpha value is -3.07. The summed E-state index contributed by atoms with van der Waals surface area (Å²) in [7, 11) is 0. The highest BCUT2D eigenvalue weighted by atomic mass is 16.5. The maximum absolute atomic E-state index is 5.58. The second-order valence-electron chi connectivity index (χ2n) is 6.31. The van der Waals surface area contributed by atoms with Crippen molar-refractivity contribution in [1.82, 2.24) is 0 Å². The van der Waals surface area contributed by atoms with Gasteiger partial charge in [-0.2, -0.15) is 5.10 Å². The van der Waals surface area contributed by atoms with Crippen molar-refractivity contribution in [1.29, 1.82) is 0 Å². The van der Waals surface area contributed by atoms with E-state index in [0.29, 0.717) is 6.61 Å². The Morgan fingerprint density at radius 2 is 1.54 bits per heavy atom. The number of ether oxygens (including phenoxy) is 1. The largest absolute Gasteiger partial charge is 0.494 e. The Bertz CT molecular complexity index is 873. The van der Waals surface area contributed by atoms with Gasteiger partial charge >= 0.3 is 0 Å². The van der Waals surface area contributed by atoms with E-state index in [1.165, 1.54) is 11.1 Å². The summed E-state index contributed by atoms with van der Waals surface area (Å²) in [5, 5.41) is 7.10. The molecule has 26 heavy (non-hydrogen) atoms. The maximum Gasteiger partial charge on any atom is 0.119 e. The van der Waals surface area contributed by atoms with Crippen LogP contribution in [0.4, 0.5) is 5.69 Å². The lowest BCUT2D eigenvalue weighted by atomic mass is 9.98. The van der Waals surface area contributed by atoms with Gasteiger partial charge in [-0.25, -0.2) is 0 Å². The Balaban J connectivity index is 1.68. The van der Waals surface area contributed by atoms with Crippen LogP contribution in [0.15, 0.2) is 90.0 Å². The molecule has 0 unspecified atom stereocenters. The Morgan fingerprint density at radius 1 is 0.885 bits per heavy atom. The molecule has 0 saturated carbocycles. The molecule has 0 aliphatic carbocycles. The van der Waals surface area contributed by atoms with E-state index in [-0.39, 0.29) is 6.04 Å². The average Bonchev–Trinajstić information content (AvgIpc) is 3.16. The molecular formula is C23H22N2O. The first-order valence-corrected chi connectivity index (χ1v) is 9.05. The first kappa shape index (κ1) is 16.4. The van der Waals surface area contributed by atoms with Gasteiger partial charge in [0.25, 0.3) is 0 Å². The van der Waals surface area contributed by atoms with Gasteiger partial charge in [0.1, 0.15) is 5.75 Å². The second kappa shape index (κ2) is 7.44. The number of rotatable bonds is 5. The molecule has 1 aliphatic heterocycles. The summed E-state index contributed by atoms with van der Waals surface area (Å²) in [5.74, 6) is 0.907. The third kappa shape index (κ3) is 3.33. The summed E-state index contributed by atoms with van der Waals surface area (Å²) in [6, 6.07) is 29.4. The molecule has 1 heterocycles. The van der Waals surface area contributed by atoms with Gasteiger partial charge in [-0.05, 0) is 42.3 Å². The van der Waals surface area contributed by atoms with E-state index in [1.54, 1.807) is 0 Å². The van der Waals surface area contributed by atoms with Crippen LogP contribution in [0.3, 0.4) is 0 Å². The highest BCUT2D eigenvalue weighted by Crippen LogP contribution is 2.37. The molecule has 0 saturated heterocycles. The van der Waals surface area contributed by atoms with Crippen LogP contribution in [-0.2, 0) is 0 Å². The average molecular weight is 342 g/mol. The number of hydrogen-bond donors (Lipinski definition) is 0. The van der Waals surface area contributed by atoms with Crippen LogP contribution in [-0.4, -0.2) is 12.3 Å². The van der Waals surface area contributed by atoms with Crippen LogP contribution in [0.25, 0.3) is 0 Å². The zero-order valence-corrected chi connectivity index (χ0v) is 14.9. The van der Waals surface area contributed by atoms with Crippen LogP contribution in [0.1, 0.15) is 30.5 Å². The molecule has 0 N–H and O–H groups in total. The highest BCUT2D eigenvalue weighted by Gasteiger charge is 2.29. The van der Waals surface area contributed by atoms with Gasteiger partial charge in [0.15, 0.2) is 0 Å². The van der Waals surface area contributed by atoms with Gasteiger partial charge in [-0.15, -0.1) is 0 Å². The SMILES string of the molecule is CCOc1ccc([C@H]2CC(c3ccccc3)=NN2c2ccccc2)cc1. The lowest BCUT2D eigenvalue weighted by molar-refractivity contribution is 0.340. The van der Waals surface area contributed by atoms with Crippen molar-refractivity contribution in [2.75, 3.05) is 11.6 Å². The van der Waals surface area contributed by atoms with Crippen LogP contribution >= 0.6 is 0 Å². The molecule has 0 spiro atoms. The fourth-order valence-corrected chi connectivity index (χ4v) is 3.35. The van der Waals surface area contributed by atoms with Gasteiger partial charge in [0, 0.05) is 6.42 Å². The highest BCUT2D eigenvalue weighted by molar-refractivity contribution is 6.03. The minimum absolute atomic E-state index is 0.184. The monoisotopic (exact) mass is 342 g/mol. The summed E-state index contributed by atoms with van der Waals surface area (Å²) < 4.78 is 5.58. The van der Waals surface area contributed by atoms with Gasteiger partial charge in [0.2, 0.25) is 0 Å². The molecule has 0 aromatic heterocycles. The minimum atomic E-state index is 0.184. The van der Waals surface area contributed by atoms with E-state index in [0.717, 1.165) is 23.6 Å². The maximum atomic E-state index is 5.58. The van der Waals surface area contributed by atoms with Crippen LogP contribution in [0.5, 0.6) is 5.75 Å². The molecule has 0 amide bonds. The molecule has 3 nitrogen and oxygen atoms in total. The predicted molar refractivity (Wildman–Crippen MR) is 107 cm³/mol. The summed E-state index contributed by atoms with van der Waals surface area (Å²) >= 11 is 0. The first-order valence-electron chi connectivity index (χ1n) is 9.05. The van der Waals surface area contributed by atoms with Crippen LogP contribution in [0, 0.1) is 0 Å². The zero-order chi connectivity index (χ0) is 17.8. The Labute approximate surface area is 154 Å². The number of para-hydroxylation sites is 1. The number of nitrogens with zero attached hydrogens (tertiary/aromatic N) is 2. The number of benzene rings is 3. The van der Waals surface area contributed by atoms with Crippen molar-refractivity contribution in [3.63, 3.8) is 0 Å². The molecule has 0 radical (unpaired) electrons. The molecule has 0 bridgehead atoms. The Kier molecular flexibility index (Phi) is 4.69. The van der Waals surface area contributed by atoms with Gasteiger partial charge in [-0.1, -0.05) is 60.7 Å². The summed E-state index contributed by atoms with van der Waals surface area (Å²) in [4.78, 5) is 0. The topological polar surface area (TPSA) is 24.8 Å². The van der Waals surface area contributed by atoms with E-state index in [9.17, 15) is 0 Å². The Morgan fingerprint density at radius 3 is 2.19 bits per heavy atom. The standard InChI is InChI=1S/C23H22N2O/c1-2-26-21-15-13-19(14-16-21)23-17-22(18-9-5-3-6-10-18)24-25(23)20-11-7-4-8-12-20/h3-16,23H,2,17H2,1H3/t23-/m1/s1. The fourth-order valence-electron chi connectivity index (χ4n) is 3.35. The molecular weight excluding hydrogens is 320 g/mol. The van der Waals surface area contributed by atoms with E-state index in [2.05, 4.69) is 65.7 Å². The zero-order valence-electron chi connectivity index (χ0n) is 14.9. The van der Waals surface area contributed by atoms with Crippen molar-refractivity contribution >= 4 is 11.4 Å². The quantitative estimate of drug-likeness (QED) is 0.616. The van der Waals surface area contributed by atoms with Gasteiger partial charge < -0.3 is 4.74 Å². The number of hydrazone groups is 1. The van der Waals surface area contributed by atoms with Gasteiger partial charge in [0.05, 0.1) is 24.0 Å². The summed E-state index contributed by atoms with van der Waals surface area (Å²) in [5.41, 5.74) is 4.65. The third-order valence-corrected chi connectivity index (χ3v) is 4.61. The predicted octanol–water partition coefficient (Wildman–Crippen LogP) is 5.44. The molecule has 3 aromatic rings. The van der Waals surface area contributed by atoms with Crippen molar-refractivity contribution in [2.24, 2.45) is 5.10 Å². The van der Waals surface area contributed by atoms with Crippen molar-refractivity contribution in [3.05, 3.63) is 96.1 Å². The smallest absolute Gasteiger partial charge is 0.119 e. The molecule has 3 heteroatoms. The van der Waals surface area contributed by atoms with Crippen molar-refractivity contribution < 1.29 is 4.74 Å². The third-order valence-electron chi connectivity index (χ3n) is 4.61. The molecule has 3 aromatic carbocycles. The lowest BCUT2D eigenvalue weighted by Crippen LogP contribution is -2.18. The van der Waals surface area contributed by atoms with E-state index in [1.807, 2.05) is 31.2 Å². The van der Waals surface area contributed by atoms with E-state index < -0.39 is 0 Å². The summed E-state index contributed by atoms with van der Waals surface area (Å²) in [6.45, 7) is 2.68. The second-order valence-corrected chi connectivity index (χ2v) is 6.31. The van der Waals surface area contributed by atoms with Crippen molar-refractivity contribution in [2.45, 2.75) is 19.4 Å². The molecule has 1 aliphatic rings. The molecule has 0 fully saturated rings. The lowest BCUT2D eigenvalue weighted by Gasteiger charge is -2.24. The van der Waals surface area contributed by atoms with Gasteiger partial charge in [-0.3, -0.25) is 5.01 Å². The van der Waals surface area contributed by atoms with E-state index in [4.69, 9.17) is 9.84 Å². The fraction of sp³-hybridized carbons (Fsp3) is 0.174. The molecule has 1 atom stereocenters. The first-order chi connectivity index (χ1) is 12.8. The normalized spacial score (nSPS) is 16.4.